The molecule has 0 radical (unpaired) electrons. The lowest BCUT2D eigenvalue weighted by Gasteiger charge is -2.29. The smallest absolute Gasteiger partial charge is 0.235 e. The van der Waals surface area contributed by atoms with Crippen molar-refractivity contribution in [3.05, 3.63) is 18.2 Å². The van der Waals surface area contributed by atoms with Gasteiger partial charge in [-0.15, -0.1) is 0 Å². The van der Waals surface area contributed by atoms with Crippen LogP contribution in [0.25, 0.3) is 0 Å². The van der Waals surface area contributed by atoms with Crippen LogP contribution in [0.2, 0.25) is 0 Å². The topological polar surface area (TPSA) is 55.8 Å². The van der Waals surface area contributed by atoms with Crippen molar-refractivity contribution in [1.82, 2.24) is 0 Å². The van der Waals surface area contributed by atoms with E-state index in [1.807, 2.05) is 0 Å². The van der Waals surface area contributed by atoms with Gasteiger partial charge in [-0.1, -0.05) is 0 Å². The number of anilines is 1. The van der Waals surface area contributed by atoms with Crippen molar-refractivity contribution in [3.8, 4) is 11.5 Å². The van der Waals surface area contributed by atoms with Crippen LogP contribution < -0.4 is 13.8 Å². The highest BCUT2D eigenvalue weighted by atomic mass is 32.2. The molecule has 2 aliphatic rings. The van der Waals surface area contributed by atoms with Crippen LogP contribution in [0.3, 0.4) is 0 Å². The minimum atomic E-state index is -3.17. The summed E-state index contributed by atoms with van der Waals surface area (Å²) in [5.41, 5.74) is 0.666. The molecule has 1 saturated heterocycles. The van der Waals surface area contributed by atoms with Gasteiger partial charge in [-0.2, -0.15) is 0 Å². The molecule has 0 bridgehead atoms. The molecule has 0 unspecified atom stereocenters. The monoisotopic (exact) mass is 269 g/mol. The molecule has 2 heterocycles. The summed E-state index contributed by atoms with van der Waals surface area (Å²) in [6.45, 7) is 1.58. The van der Waals surface area contributed by atoms with Gasteiger partial charge < -0.3 is 9.47 Å². The third kappa shape index (κ3) is 2.01. The molecule has 0 aromatic heterocycles. The molecule has 0 atom stereocenters. The third-order valence-corrected chi connectivity index (χ3v) is 5.03. The fourth-order valence-electron chi connectivity index (χ4n) is 2.27. The Morgan fingerprint density at radius 3 is 2.61 bits per heavy atom. The van der Waals surface area contributed by atoms with Crippen LogP contribution in [0.4, 0.5) is 5.69 Å². The van der Waals surface area contributed by atoms with Gasteiger partial charge in [0.15, 0.2) is 11.5 Å². The molecule has 6 heteroatoms. The molecule has 1 aromatic rings. The highest BCUT2D eigenvalue weighted by molar-refractivity contribution is 7.92. The Morgan fingerprint density at radius 1 is 1.06 bits per heavy atom. The van der Waals surface area contributed by atoms with E-state index in [0.717, 1.165) is 12.8 Å². The van der Waals surface area contributed by atoms with Gasteiger partial charge in [-0.3, -0.25) is 4.31 Å². The van der Waals surface area contributed by atoms with Crippen LogP contribution in [-0.4, -0.2) is 33.9 Å². The van der Waals surface area contributed by atoms with Gasteiger partial charge in [-0.25, -0.2) is 8.42 Å². The summed E-state index contributed by atoms with van der Waals surface area (Å²) in [5, 5.41) is 0. The van der Waals surface area contributed by atoms with Gasteiger partial charge in [0.05, 0.1) is 11.4 Å². The lowest BCUT2D eigenvalue weighted by Crippen LogP contribution is -2.37. The molecule has 0 amide bonds. The van der Waals surface area contributed by atoms with E-state index in [1.165, 1.54) is 4.31 Å². The molecular formula is C12H15NO4S. The molecular weight excluding hydrogens is 254 g/mol. The SMILES string of the molecule is O=S1(=O)CCCCN1c1ccc2c(c1)OCCO2. The largest absolute Gasteiger partial charge is 0.486 e. The van der Waals surface area contributed by atoms with Crippen molar-refractivity contribution >= 4 is 15.7 Å². The zero-order valence-electron chi connectivity index (χ0n) is 9.96. The first-order valence-corrected chi connectivity index (χ1v) is 7.68. The number of sulfonamides is 1. The summed E-state index contributed by atoms with van der Waals surface area (Å²) < 4.78 is 36.4. The second-order valence-electron chi connectivity index (χ2n) is 4.42. The molecule has 0 aliphatic carbocycles. The van der Waals surface area contributed by atoms with Gasteiger partial charge in [0.2, 0.25) is 10.0 Å². The van der Waals surface area contributed by atoms with Crippen LogP contribution in [0.15, 0.2) is 18.2 Å². The van der Waals surface area contributed by atoms with Gasteiger partial charge in [0.1, 0.15) is 13.2 Å². The van der Waals surface area contributed by atoms with Crippen LogP contribution in [0.5, 0.6) is 11.5 Å². The predicted octanol–water partition coefficient (Wildman–Crippen LogP) is 1.39. The van der Waals surface area contributed by atoms with Crippen molar-refractivity contribution in [1.29, 1.82) is 0 Å². The highest BCUT2D eigenvalue weighted by Gasteiger charge is 2.27. The summed E-state index contributed by atoms with van der Waals surface area (Å²) in [6.07, 6.45) is 1.64. The number of hydrogen-bond donors (Lipinski definition) is 0. The Kier molecular flexibility index (Phi) is 2.81. The molecule has 2 aliphatic heterocycles. The Balaban J connectivity index is 1.96. The summed E-state index contributed by atoms with van der Waals surface area (Å²) in [4.78, 5) is 0. The van der Waals surface area contributed by atoms with Crippen LogP contribution in [0, 0.1) is 0 Å². The zero-order valence-corrected chi connectivity index (χ0v) is 10.8. The summed E-state index contributed by atoms with van der Waals surface area (Å²) in [5.74, 6) is 1.53. The number of ether oxygens (including phenoxy) is 2. The molecule has 3 rings (SSSR count). The Bertz CT molecular complexity index is 555. The normalized spacial score (nSPS) is 21.7. The first kappa shape index (κ1) is 11.6. The third-order valence-electron chi connectivity index (χ3n) is 3.16. The Labute approximate surface area is 106 Å². The van der Waals surface area contributed by atoms with Gasteiger partial charge in [0.25, 0.3) is 0 Å². The van der Waals surface area contributed by atoms with E-state index in [-0.39, 0.29) is 5.75 Å². The van der Waals surface area contributed by atoms with Crippen LogP contribution in [-0.2, 0) is 10.0 Å². The molecule has 0 spiro atoms. The summed E-state index contributed by atoms with van der Waals surface area (Å²) in [7, 11) is -3.17. The highest BCUT2D eigenvalue weighted by Crippen LogP contribution is 2.35. The molecule has 0 saturated carbocycles. The van der Waals surface area contributed by atoms with E-state index in [1.54, 1.807) is 18.2 Å². The van der Waals surface area contributed by atoms with Crippen LogP contribution >= 0.6 is 0 Å². The fraction of sp³-hybridized carbons (Fsp3) is 0.500. The van der Waals surface area contributed by atoms with E-state index in [2.05, 4.69) is 0 Å². The molecule has 18 heavy (non-hydrogen) atoms. The number of rotatable bonds is 1. The van der Waals surface area contributed by atoms with E-state index in [9.17, 15) is 8.42 Å². The predicted molar refractivity (Wildman–Crippen MR) is 67.8 cm³/mol. The maximum Gasteiger partial charge on any atom is 0.235 e. The van der Waals surface area contributed by atoms with Crippen LogP contribution in [0.1, 0.15) is 12.8 Å². The second kappa shape index (κ2) is 4.35. The van der Waals surface area contributed by atoms with E-state index < -0.39 is 10.0 Å². The van der Waals surface area contributed by atoms with Gasteiger partial charge in [0, 0.05) is 12.6 Å². The maximum atomic E-state index is 12.0. The Morgan fingerprint density at radius 2 is 1.83 bits per heavy atom. The molecule has 0 N–H and O–H groups in total. The lowest BCUT2D eigenvalue weighted by molar-refractivity contribution is 0.171. The zero-order chi connectivity index (χ0) is 12.6. The first-order valence-electron chi connectivity index (χ1n) is 6.07. The lowest BCUT2D eigenvalue weighted by atomic mass is 10.2. The Hall–Kier alpha value is -1.43. The minimum Gasteiger partial charge on any atom is -0.486 e. The molecule has 1 aromatic carbocycles. The number of benzene rings is 1. The van der Waals surface area contributed by atoms with Crippen molar-refractivity contribution in [2.45, 2.75) is 12.8 Å². The molecule has 1 fully saturated rings. The quantitative estimate of drug-likeness (QED) is 0.773. The number of hydrogen-bond acceptors (Lipinski definition) is 4. The van der Waals surface area contributed by atoms with Crippen molar-refractivity contribution in [2.75, 3.05) is 29.8 Å². The van der Waals surface area contributed by atoms with Gasteiger partial charge in [-0.05, 0) is 25.0 Å². The average molecular weight is 269 g/mol. The van der Waals surface area contributed by atoms with E-state index >= 15 is 0 Å². The fourth-order valence-corrected chi connectivity index (χ4v) is 3.90. The first-order chi connectivity index (χ1) is 8.67. The number of nitrogens with zero attached hydrogens (tertiary/aromatic N) is 1. The van der Waals surface area contributed by atoms with E-state index in [0.29, 0.717) is 36.9 Å². The summed E-state index contributed by atoms with van der Waals surface area (Å²) in [6, 6.07) is 5.29. The minimum absolute atomic E-state index is 0.224. The van der Waals surface area contributed by atoms with Crippen molar-refractivity contribution in [2.24, 2.45) is 0 Å². The van der Waals surface area contributed by atoms with Crippen molar-refractivity contribution in [3.63, 3.8) is 0 Å². The second-order valence-corrected chi connectivity index (χ2v) is 6.44. The number of fused-ring (bicyclic) bond motifs is 1. The van der Waals surface area contributed by atoms with Gasteiger partial charge >= 0.3 is 0 Å². The summed E-state index contributed by atoms with van der Waals surface area (Å²) >= 11 is 0. The molecule has 5 nitrogen and oxygen atoms in total. The average Bonchev–Trinajstić information content (AvgIpc) is 2.38. The van der Waals surface area contributed by atoms with Crippen molar-refractivity contribution < 1.29 is 17.9 Å². The van der Waals surface area contributed by atoms with E-state index in [4.69, 9.17) is 9.47 Å². The molecule has 98 valence electrons. The standard InChI is InChI=1S/C12H15NO4S/c14-18(15)8-2-1-5-13(18)10-3-4-11-12(9-10)17-7-6-16-11/h3-4,9H,1-2,5-8H2. The maximum absolute atomic E-state index is 12.0.